The molecule has 0 saturated carbocycles. The number of rotatable bonds is 6. The quantitative estimate of drug-likeness (QED) is 0.775. The zero-order chi connectivity index (χ0) is 17.7. The van der Waals surface area contributed by atoms with Crippen molar-refractivity contribution >= 4 is 23.2 Å². The van der Waals surface area contributed by atoms with Gasteiger partial charge in [0.1, 0.15) is 18.2 Å². The zero-order valence-electron chi connectivity index (χ0n) is 12.4. The Balaban J connectivity index is 2.03. The molecule has 2 aromatic rings. The second-order valence-corrected chi connectivity index (χ2v) is 5.32. The zero-order valence-corrected chi connectivity index (χ0v) is 13.1. The molecule has 0 radical (unpaired) electrons. The van der Waals surface area contributed by atoms with E-state index in [-0.39, 0.29) is 28.6 Å². The number of nitrogen functional groups attached to an aromatic ring is 1. The van der Waals surface area contributed by atoms with Crippen molar-refractivity contribution in [2.24, 2.45) is 0 Å². The van der Waals surface area contributed by atoms with Crippen LogP contribution in [0.3, 0.4) is 0 Å². The van der Waals surface area contributed by atoms with Gasteiger partial charge in [-0.2, -0.15) is 0 Å². The molecule has 0 aliphatic heterocycles. The highest BCUT2D eigenvalue weighted by Gasteiger charge is 2.14. The highest BCUT2D eigenvalue weighted by Crippen LogP contribution is 2.22. The van der Waals surface area contributed by atoms with E-state index >= 15 is 0 Å². The lowest BCUT2D eigenvalue weighted by atomic mass is 10.1. The predicted octanol–water partition coefficient (Wildman–Crippen LogP) is 3.64. The molecule has 0 heterocycles. The van der Waals surface area contributed by atoms with Crippen LogP contribution in [-0.4, -0.2) is 18.9 Å². The fourth-order valence-corrected chi connectivity index (χ4v) is 2.16. The van der Waals surface area contributed by atoms with Gasteiger partial charge in [0.15, 0.2) is 0 Å². The average Bonchev–Trinajstić information content (AvgIpc) is 2.54. The Kier molecular flexibility index (Phi) is 5.92. The van der Waals surface area contributed by atoms with E-state index in [0.29, 0.717) is 5.56 Å². The van der Waals surface area contributed by atoms with Crippen molar-refractivity contribution < 1.29 is 22.7 Å². The SMILES string of the molecule is Nc1c(F)cc(Cl)cc1C(=O)NCc1cccc(OCC(F)F)c1. The van der Waals surface area contributed by atoms with E-state index in [2.05, 4.69) is 5.32 Å². The molecule has 4 nitrogen and oxygen atoms in total. The second-order valence-electron chi connectivity index (χ2n) is 4.88. The summed E-state index contributed by atoms with van der Waals surface area (Å²) in [6.07, 6.45) is -2.57. The van der Waals surface area contributed by atoms with E-state index in [1.54, 1.807) is 12.1 Å². The van der Waals surface area contributed by atoms with Gasteiger partial charge in [0.25, 0.3) is 12.3 Å². The minimum absolute atomic E-state index is 0.0502. The fourth-order valence-electron chi connectivity index (χ4n) is 1.95. The number of ether oxygens (including phenoxy) is 1. The number of carbonyl (C=O) groups excluding carboxylic acids is 1. The lowest BCUT2D eigenvalue weighted by molar-refractivity contribution is 0.0818. The molecule has 0 saturated heterocycles. The smallest absolute Gasteiger partial charge is 0.272 e. The number of halogens is 4. The van der Waals surface area contributed by atoms with Crippen LogP contribution in [0.25, 0.3) is 0 Å². The van der Waals surface area contributed by atoms with Crippen molar-refractivity contribution in [2.45, 2.75) is 13.0 Å². The number of anilines is 1. The molecular formula is C16H14ClF3N2O2. The van der Waals surface area contributed by atoms with Crippen LogP contribution in [0.15, 0.2) is 36.4 Å². The topological polar surface area (TPSA) is 64.4 Å². The molecule has 2 aromatic carbocycles. The summed E-state index contributed by atoms with van der Waals surface area (Å²) < 4.78 is 42.7. The molecule has 0 bridgehead atoms. The third kappa shape index (κ3) is 4.79. The standard InChI is InChI=1S/C16H14ClF3N2O2/c17-10-5-12(15(21)13(18)6-10)16(23)22-7-9-2-1-3-11(4-9)24-8-14(19)20/h1-6,14H,7-8,21H2,(H,22,23). The van der Waals surface area contributed by atoms with Gasteiger partial charge in [0.2, 0.25) is 0 Å². The molecule has 2 rings (SSSR count). The van der Waals surface area contributed by atoms with Crippen LogP contribution >= 0.6 is 11.6 Å². The first-order valence-electron chi connectivity index (χ1n) is 6.89. The van der Waals surface area contributed by atoms with E-state index in [4.69, 9.17) is 22.1 Å². The number of carbonyl (C=O) groups is 1. The van der Waals surface area contributed by atoms with Crippen LogP contribution in [0.1, 0.15) is 15.9 Å². The highest BCUT2D eigenvalue weighted by atomic mass is 35.5. The number of nitrogens with one attached hydrogen (secondary N) is 1. The Labute approximate surface area is 141 Å². The van der Waals surface area contributed by atoms with Crippen LogP contribution in [0.5, 0.6) is 5.75 Å². The maximum Gasteiger partial charge on any atom is 0.272 e. The highest BCUT2D eigenvalue weighted by molar-refractivity contribution is 6.31. The second kappa shape index (κ2) is 7.92. The summed E-state index contributed by atoms with van der Waals surface area (Å²) in [5, 5.41) is 2.60. The minimum atomic E-state index is -2.57. The average molecular weight is 359 g/mol. The molecule has 1 amide bonds. The molecular weight excluding hydrogens is 345 g/mol. The monoisotopic (exact) mass is 358 g/mol. The van der Waals surface area contributed by atoms with E-state index in [9.17, 15) is 18.0 Å². The van der Waals surface area contributed by atoms with Crippen molar-refractivity contribution in [3.8, 4) is 5.75 Å². The maximum absolute atomic E-state index is 13.5. The third-order valence-electron chi connectivity index (χ3n) is 3.07. The van der Waals surface area contributed by atoms with Gasteiger partial charge in [-0.1, -0.05) is 23.7 Å². The Morgan fingerprint density at radius 2 is 2.04 bits per heavy atom. The first-order valence-corrected chi connectivity index (χ1v) is 7.27. The van der Waals surface area contributed by atoms with Gasteiger partial charge in [-0.15, -0.1) is 0 Å². The molecule has 0 aliphatic rings. The summed E-state index contributed by atoms with van der Waals surface area (Å²) in [5.74, 6) is -1.13. The number of hydrogen-bond donors (Lipinski definition) is 2. The van der Waals surface area contributed by atoms with Gasteiger partial charge < -0.3 is 15.8 Å². The Morgan fingerprint density at radius 1 is 1.29 bits per heavy atom. The number of hydrogen-bond acceptors (Lipinski definition) is 3. The summed E-state index contributed by atoms with van der Waals surface area (Å²) in [4.78, 5) is 12.1. The molecule has 0 atom stereocenters. The van der Waals surface area contributed by atoms with Gasteiger partial charge in [0.05, 0.1) is 11.3 Å². The normalized spacial score (nSPS) is 10.7. The molecule has 0 aliphatic carbocycles. The Morgan fingerprint density at radius 3 is 2.75 bits per heavy atom. The molecule has 3 N–H and O–H groups in total. The lowest BCUT2D eigenvalue weighted by Gasteiger charge is -2.10. The molecule has 24 heavy (non-hydrogen) atoms. The van der Waals surface area contributed by atoms with Crippen LogP contribution in [0.2, 0.25) is 5.02 Å². The molecule has 128 valence electrons. The van der Waals surface area contributed by atoms with Gasteiger partial charge in [-0.25, -0.2) is 13.2 Å². The number of nitrogens with two attached hydrogens (primary N) is 1. The van der Waals surface area contributed by atoms with E-state index in [0.717, 1.165) is 6.07 Å². The molecule has 0 fully saturated rings. The molecule has 0 spiro atoms. The Bertz CT molecular complexity index is 741. The van der Waals surface area contributed by atoms with Crippen molar-refractivity contribution in [1.82, 2.24) is 5.32 Å². The number of alkyl halides is 2. The first-order chi connectivity index (χ1) is 11.4. The van der Waals surface area contributed by atoms with Crippen LogP contribution in [-0.2, 0) is 6.54 Å². The maximum atomic E-state index is 13.5. The largest absolute Gasteiger partial charge is 0.488 e. The van der Waals surface area contributed by atoms with Gasteiger partial charge in [-0.05, 0) is 29.8 Å². The Hall–Kier alpha value is -2.41. The summed E-state index contributed by atoms with van der Waals surface area (Å²) in [6.45, 7) is -0.633. The van der Waals surface area contributed by atoms with Crippen LogP contribution < -0.4 is 15.8 Å². The van der Waals surface area contributed by atoms with Gasteiger partial charge >= 0.3 is 0 Å². The van der Waals surface area contributed by atoms with E-state index in [1.807, 2.05) is 0 Å². The number of amides is 1. The van der Waals surface area contributed by atoms with E-state index in [1.165, 1.54) is 18.2 Å². The van der Waals surface area contributed by atoms with E-state index < -0.39 is 24.8 Å². The predicted molar refractivity (Wildman–Crippen MR) is 84.9 cm³/mol. The molecule has 0 unspecified atom stereocenters. The van der Waals surface area contributed by atoms with Gasteiger partial charge in [0, 0.05) is 11.6 Å². The van der Waals surface area contributed by atoms with Crippen molar-refractivity contribution in [3.05, 3.63) is 58.4 Å². The summed E-state index contributed by atoms with van der Waals surface area (Å²) in [6, 6.07) is 8.60. The van der Waals surface area contributed by atoms with Crippen molar-refractivity contribution in [3.63, 3.8) is 0 Å². The molecule has 8 heteroatoms. The first kappa shape index (κ1) is 17.9. The number of benzene rings is 2. The van der Waals surface area contributed by atoms with Crippen molar-refractivity contribution in [2.75, 3.05) is 12.3 Å². The third-order valence-corrected chi connectivity index (χ3v) is 3.28. The fraction of sp³-hybridized carbons (Fsp3) is 0.188. The summed E-state index contributed by atoms with van der Waals surface area (Å²) in [5.41, 5.74) is 5.77. The summed E-state index contributed by atoms with van der Waals surface area (Å²) in [7, 11) is 0. The van der Waals surface area contributed by atoms with Crippen LogP contribution in [0.4, 0.5) is 18.9 Å². The molecule has 0 aromatic heterocycles. The minimum Gasteiger partial charge on any atom is -0.488 e. The summed E-state index contributed by atoms with van der Waals surface area (Å²) >= 11 is 5.71. The lowest BCUT2D eigenvalue weighted by Crippen LogP contribution is -2.24. The van der Waals surface area contributed by atoms with Gasteiger partial charge in [-0.3, -0.25) is 4.79 Å². The van der Waals surface area contributed by atoms with Crippen LogP contribution in [0, 0.1) is 5.82 Å². The van der Waals surface area contributed by atoms with Crippen molar-refractivity contribution in [1.29, 1.82) is 0 Å².